The van der Waals surface area contributed by atoms with E-state index in [1.165, 1.54) is 12.1 Å². The van der Waals surface area contributed by atoms with Gasteiger partial charge in [-0.2, -0.15) is 0 Å². The first-order chi connectivity index (χ1) is 9.02. The van der Waals surface area contributed by atoms with Crippen molar-refractivity contribution in [1.82, 2.24) is 5.10 Å². The van der Waals surface area contributed by atoms with Crippen molar-refractivity contribution < 1.29 is 20.0 Å². The first-order valence-corrected chi connectivity index (χ1v) is 6.64. The Bertz CT molecular complexity index is 635. The Kier molecular flexibility index (Phi) is 3.71. The number of aromatic hydroxyl groups is 3. The van der Waals surface area contributed by atoms with Crippen molar-refractivity contribution >= 4 is 23.5 Å². The molecule has 0 unspecified atom stereocenters. The molecule has 6 heteroatoms. The quantitative estimate of drug-likeness (QED) is 0.593. The van der Waals surface area contributed by atoms with Gasteiger partial charge in [0.2, 0.25) is 5.75 Å². The molecule has 0 aliphatic carbocycles. The van der Waals surface area contributed by atoms with Gasteiger partial charge in [-0.3, -0.25) is 0 Å². The van der Waals surface area contributed by atoms with Crippen molar-refractivity contribution in [3.05, 3.63) is 27.7 Å². The highest BCUT2D eigenvalue weighted by Gasteiger charge is 2.14. The fraction of sp³-hybridized carbons (Fsp3) is 0.231. The van der Waals surface area contributed by atoms with Gasteiger partial charge >= 0.3 is 0 Å². The first kappa shape index (κ1) is 13.4. The van der Waals surface area contributed by atoms with E-state index >= 15 is 0 Å². The third-order valence-corrected chi connectivity index (χ3v) is 3.57. The maximum atomic E-state index is 9.71. The minimum absolute atomic E-state index is 0.333. The van der Waals surface area contributed by atoms with Gasteiger partial charge in [0.15, 0.2) is 23.1 Å². The number of benzene rings is 1. The van der Waals surface area contributed by atoms with Crippen LogP contribution >= 0.6 is 11.3 Å². The Balaban J connectivity index is 2.35. The third kappa shape index (κ3) is 2.68. The van der Waals surface area contributed by atoms with E-state index in [-0.39, 0.29) is 11.5 Å². The molecule has 0 saturated carbocycles. The fourth-order valence-electron chi connectivity index (χ4n) is 1.67. The highest BCUT2D eigenvalue weighted by molar-refractivity contribution is 7.11. The highest BCUT2D eigenvalue weighted by Crippen LogP contribution is 2.37. The average Bonchev–Trinajstić information content (AvgIpc) is 2.75. The molecule has 2 rings (SSSR count). The summed E-state index contributed by atoms with van der Waals surface area (Å²) in [4.78, 5) is 0. The molecule has 0 saturated heterocycles. The minimum atomic E-state index is -0.508. The number of hydrogen-bond donors (Lipinski definition) is 3. The standard InChI is InChI=1S/C13H14N2O3S/c1-3-15-11(19-8(2)14-15)7-5-9-4-6-10(16)13(18)12(9)17/h4-7H,3H2,1-2H3,(H2,16,17,18)/p+1. The lowest BCUT2D eigenvalue weighted by Crippen LogP contribution is -2.36. The predicted molar refractivity (Wildman–Crippen MR) is 73.1 cm³/mol. The number of phenols is 3. The smallest absolute Gasteiger partial charge is 0.289 e. The van der Waals surface area contributed by atoms with E-state index in [0.29, 0.717) is 5.56 Å². The topological polar surface area (TPSA) is 77.5 Å². The molecule has 5 nitrogen and oxygen atoms in total. The van der Waals surface area contributed by atoms with Gasteiger partial charge in [0, 0.05) is 16.7 Å². The number of aryl methyl sites for hydroxylation is 2. The molecule has 1 heterocycles. The van der Waals surface area contributed by atoms with Crippen LogP contribution in [0, 0.1) is 6.92 Å². The van der Waals surface area contributed by atoms with Gasteiger partial charge in [0.1, 0.15) is 0 Å². The van der Waals surface area contributed by atoms with Crippen molar-refractivity contribution in [2.75, 3.05) is 0 Å². The van der Waals surface area contributed by atoms with Crippen molar-refractivity contribution in [1.29, 1.82) is 0 Å². The SMILES string of the molecule is CC[n+]1nc(C)sc1C=Cc1ccc(O)c(O)c1O. The predicted octanol–water partition coefficient (Wildman–Crippen LogP) is 2.05. The van der Waals surface area contributed by atoms with Crippen molar-refractivity contribution in [3.8, 4) is 17.2 Å². The summed E-state index contributed by atoms with van der Waals surface area (Å²) >= 11 is 1.54. The van der Waals surface area contributed by atoms with Crippen molar-refractivity contribution in [2.45, 2.75) is 20.4 Å². The van der Waals surface area contributed by atoms with Crippen LogP contribution in [0.2, 0.25) is 0 Å². The summed E-state index contributed by atoms with van der Waals surface area (Å²) in [6, 6.07) is 2.87. The summed E-state index contributed by atoms with van der Waals surface area (Å²) < 4.78 is 1.85. The maximum absolute atomic E-state index is 9.71. The molecule has 0 atom stereocenters. The van der Waals surface area contributed by atoms with Gasteiger partial charge in [-0.15, -0.1) is 0 Å². The molecule has 2 aromatic rings. The molecular weight excluding hydrogens is 264 g/mol. The lowest BCUT2D eigenvalue weighted by Gasteiger charge is -2.02. The second-order valence-electron chi connectivity index (χ2n) is 3.98. The Labute approximate surface area is 114 Å². The van der Waals surface area contributed by atoms with Crippen molar-refractivity contribution in [3.63, 3.8) is 0 Å². The number of phenolic OH excluding ortho intramolecular Hbond substituents is 3. The largest absolute Gasteiger partial charge is 0.504 e. The molecule has 3 N–H and O–H groups in total. The molecule has 1 aromatic carbocycles. The Hall–Kier alpha value is -2.08. The molecule has 1 aromatic heterocycles. The van der Waals surface area contributed by atoms with E-state index in [2.05, 4.69) is 5.10 Å². The maximum Gasteiger partial charge on any atom is 0.289 e. The normalized spacial score (nSPS) is 11.3. The molecule has 19 heavy (non-hydrogen) atoms. The third-order valence-electron chi connectivity index (χ3n) is 2.63. The van der Waals surface area contributed by atoms with E-state index in [9.17, 15) is 15.3 Å². The summed E-state index contributed by atoms with van der Waals surface area (Å²) in [6.07, 6.45) is 3.49. The number of aromatic nitrogens is 2. The molecule has 0 radical (unpaired) electrons. The Morgan fingerprint density at radius 3 is 2.63 bits per heavy atom. The van der Waals surface area contributed by atoms with Crippen LogP contribution in [0.3, 0.4) is 0 Å². The summed E-state index contributed by atoms with van der Waals surface area (Å²) in [5.41, 5.74) is 0.434. The van der Waals surface area contributed by atoms with Crippen LogP contribution in [0.1, 0.15) is 22.5 Å². The lowest BCUT2D eigenvalue weighted by atomic mass is 10.1. The average molecular weight is 279 g/mol. The van der Waals surface area contributed by atoms with Crippen LogP contribution in [0.25, 0.3) is 12.2 Å². The van der Waals surface area contributed by atoms with Gasteiger partial charge in [-0.25, -0.2) is 0 Å². The van der Waals surface area contributed by atoms with Gasteiger partial charge in [0.25, 0.3) is 5.01 Å². The van der Waals surface area contributed by atoms with Crippen LogP contribution < -0.4 is 4.68 Å². The number of hydrogen-bond acceptors (Lipinski definition) is 5. The molecular formula is C13H15N2O3S+. The van der Waals surface area contributed by atoms with Gasteiger partial charge in [-0.1, -0.05) is 4.68 Å². The minimum Gasteiger partial charge on any atom is -0.504 e. The molecule has 0 fully saturated rings. The lowest BCUT2D eigenvalue weighted by molar-refractivity contribution is -0.747. The van der Waals surface area contributed by atoms with E-state index in [0.717, 1.165) is 16.6 Å². The van der Waals surface area contributed by atoms with Crippen molar-refractivity contribution in [2.24, 2.45) is 0 Å². The van der Waals surface area contributed by atoms with Crippen LogP contribution in [0.15, 0.2) is 12.1 Å². The van der Waals surface area contributed by atoms with Crippen LogP contribution in [-0.4, -0.2) is 20.4 Å². The molecule has 0 aliphatic rings. The second kappa shape index (κ2) is 5.27. The molecule has 100 valence electrons. The zero-order valence-electron chi connectivity index (χ0n) is 10.7. The highest BCUT2D eigenvalue weighted by atomic mass is 32.1. The second-order valence-corrected chi connectivity index (χ2v) is 5.19. The summed E-state index contributed by atoms with van der Waals surface area (Å²) in [7, 11) is 0. The van der Waals surface area contributed by atoms with Crippen LogP contribution in [-0.2, 0) is 6.54 Å². The summed E-state index contributed by atoms with van der Waals surface area (Å²) in [5.74, 6) is -1.18. The molecule has 0 bridgehead atoms. The fourth-order valence-corrected chi connectivity index (χ4v) is 2.52. The van der Waals surface area contributed by atoms with Gasteiger partial charge in [-0.05, 0) is 43.4 Å². The van der Waals surface area contributed by atoms with E-state index < -0.39 is 5.75 Å². The molecule has 0 amide bonds. The van der Waals surface area contributed by atoms with Crippen LogP contribution in [0.4, 0.5) is 0 Å². The number of rotatable bonds is 3. The zero-order valence-corrected chi connectivity index (χ0v) is 11.5. The Morgan fingerprint density at radius 1 is 1.21 bits per heavy atom. The molecule has 0 spiro atoms. The summed E-state index contributed by atoms with van der Waals surface area (Å²) in [6.45, 7) is 4.69. The first-order valence-electron chi connectivity index (χ1n) is 5.82. The van der Waals surface area contributed by atoms with Gasteiger partial charge in [0.05, 0.1) is 0 Å². The molecule has 0 aliphatic heterocycles. The van der Waals surface area contributed by atoms with E-state index in [4.69, 9.17) is 0 Å². The van der Waals surface area contributed by atoms with Crippen LogP contribution in [0.5, 0.6) is 17.2 Å². The number of nitrogens with zero attached hydrogens (tertiary/aromatic N) is 2. The summed E-state index contributed by atoms with van der Waals surface area (Å²) in [5, 5.41) is 34.6. The van der Waals surface area contributed by atoms with E-state index in [1.54, 1.807) is 17.4 Å². The monoisotopic (exact) mass is 279 g/mol. The Morgan fingerprint density at radius 2 is 1.95 bits per heavy atom. The van der Waals surface area contributed by atoms with Gasteiger partial charge < -0.3 is 15.3 Å². The zero-order chi connectivity index (χ0) is 14.0. The van der Waals surface area contributed by atoms with E-state index in [1.807, 2.05) is 24.6 Å².